The third-order valence-corrected chi connectivity index (χ3v) is 7.78. The maximum absolute atomic E-state index is 12.0. The highest BCUT2D eigenvalue weighted by atomic mass is 32.2. The van der Waals surface area contributed by atoms with Gasteiger partial charge in [-0.2, -0.15) is 0 Å². The Morgan fingerprint density at radius 3 is 1.92 bits per heavy atom. The molecule has 254 valence electrons. The van der Waals surface area contributed by atoms with E-state index in [1.165, 1.54) is 0 Å². The summed E-state index contributed by atoms with van der Waals surface area (Å²) in [5.41, 5.74) is 9.59. The molecule has 0 spiro atoms. The molecule has 0 aliphatic heterocycles. The van der Waals surface area contributed by atoms with Crippen molar-refractivity contribution in [1.82, 2.24) is 10.9 Å². The molecule has 0 saturated heterocycles. The van der Waals surface area contributed by atoms with Crippen LogP contribution in [0.4, 0.5) is 16.2 Å². The molecule has 2 amide bonds. The summed E-state index contributed by atoms with van der Waals surface area (Å²) in [7, 11) is -3.42. The number of sulfonamides is 1. The van der Waals surface area contributed by atoms with Crippen molar-refractivity contribution in [2.75, 3.05) is 15.9 Å². The number of hydrazine groups is 1. The van der Waals surface area contributed by atoms with Gasteiger partial charge in [0.05, 0.1) is 11.9 Å². The lowest BCUT2D eigenvalue weighted by molar-refractivity contribution is -0.122. The largest absolute Gasteiger partial charge is 0.457 e. The molecule has 4 aromatic rings. The second-order valence-electron chi connectivity index (χ2n) is 12.6. The molecule has 0 fully saturated rings. The van der Waals surface area contributed by atoms with Gasteiger partial charge in [0.25, 0.3) is 0 Å². The standard InChI is InChI=1S/C37H44N4O6S/c1-27-33(40-48(5,44)45)14-10-15-34(27)41(25-29-11-7-6-8-12-29)26-30-19-23-32(24-20-30)46-31-21-17-28(18-22-31)13-9-16-35(42)38-39-36(43)47-37(2,3)4/h6-8,10-12,14-15,17-24,40H,9,13,16,25-26H2,1-5H3,(H,38,42)(H,39,43). The predicted molar refractivity (Wildman–Crippen MR) is 189 cm³/mol. The third kappa shape index (κ3) is 12.0. The maximum atomic E-state index is 12.0. The van der Waals surface area contributed by atoms with Crippen molar-refractivity contribution in [2.24, 2.45) is 0 Å². The van der Waals surface area contributed by atoms with E-state index >= 15 is 0 Å². The van der Waals surface area contributed by atoms with Crippen molar-refractivity contribution in [3.05, 3.63) is 119 Å². The number of amides is 2. The fourth-order valence-corrected chi connectivity index (χ4v) is 5.61. The summed E-state index contributed by atoms with van der Waals surface area (Å²) in [6.07, 6.45) is 2.02. The summed E-state index contributed by atoms with van der Waals surface area (Å²) in [5.74, 6) is 1.10. The summed E-state index contributed by atoms with van der Waals surface area (Å²) >= 11 is 0. The number of hydrogen-bond donors (Lipinski definition) is 3. The monoisotopic (exact) mass is 672 g/mol. The second-order valence-corrected chi connectivity index (χ2v) is 14.3. The van der Waals surface area contributed by atoms with Crippen molar-refractivity contribution in [3.8, 4) is 11.5 Å². The zero-order chi connectivity index (χ0) is 34.7. The summed E-state index contributed by atoms with van der Waals surface area (Å²) in [6, 6.07) is 31.4. The average Bonchev–Trinajstić information content (AvgIpc) is 3.02. The molecule has 0 bridgehead atoms. The Hall–Kier alpha value is -5.03. The first-order valence-corrected chi connectivity index (χ1v) is 17.6. The van der Waals surface area contributed by atoms with Crippen molar-refractivity contribution < 1.29 is 27.5 Å². The van der Waals surface area contributed by atoms with Crippen LogP contribution in [-0.4, -0.2) is 32.3 Å². The van der Waals surface area contributed by atoms with Gasteiger partial charge in [-0.25, -0.2) is 18.6 Å². The second kappa shape index (κ2) is 16.2. The van der Waals surface area contributed by atoms with Crippen molar-refractivity contribution >= 4 is 33.4 Å². The van der Waals surface area contributed by atoms with Gasteiger partial charge in [-0.1, -0.05) is 60.7 Å². The van der Waals surface area contributed by atoms with E-state index in [4.69, 9.17) is 9.47 Å². The number of nitrogens with zero attached hydrogens (tertiary/aromatic N) is 1. The first-order chi connectivity index (χ1) is 22.7. The molecule has 0 aliphatic carbocycles. The van der Waals surface area contributed by atoms with Gasteiger partial charge in [0.1, 0.15) is 17.1 Å². The molecule has 0 aromatic heterocycles. The number of anilines is 2. The Labute approximate surface area is 283 Å². The van der Waals surface area contributed by atoms with Crippen LogP contribution in [0.3, 0.4) is 0 Å². The number of rotatable bonds is 13. The molecule has 0 heterocycles. The minimum absolute atomic E-state index is 0.256. The SMILES string of the molecule is Cc1c(NS(C)(=O)=O)cccc1N(Cc1ccccc1)Cc1ccc(Oc2ccc(CCCC(=O)NNC(=O)OC(C)(C)C)cc2)cc1. The Morgan fingerprint density at radius 1 is 0.750 bits per heavy atom. The zero-order valence-corrected chi connectivity index (χ0v) is 28.9. The molecule has 11 heteroatoms. The van der Waals surface area contributed by atoms with E-state index in [9.17, 15) is 18.0 Å². The molecule has 0 atom stereocenters. The van der Waals surface area contributed by atoms with Gasteiger partial charge in [-0.15, -0.1) is 0 Å². The quantitative estimate of drug-likeness (QED) is 0.128. The van der Waals surface area contributed by atoms with Crippen LogP contribution in [0.15, 0.2) is 97.1 Å². The smallest absolute Gasteiger partial charge is 0.426 e. The summed E-state index contributed by atoms with van der Waals surface area (Å²) in [6.45, 7) is 8.41. The third-order valence-electron chi connectivity index (χ3n) is 7.19. The van der Waals surface area contributed by atoms with Gasteiger partial charge in [0.15, 0.2) is 0 Å². The van der Waals surface area contributed by atoms with Crippen molar-refractivity contribution in [1.29, 1.82) is 0 Å². The van der Waals surface area contributed by atoms with Crippen LogP contribution in [0.2, 0.25) is 0 Å². The lowest BCUT2D eigenvalue weighted by Crippen LogP contribution is -2.44. The van der Waals surface area contributed by atoms with Crippen LogP contribution in [0.25, 0.3) is 0 Å². The maximum Gasteiger partial charge on any atom is 0.426 e. The minimum atomic E-state index is -3.42. The molecule has 3 N–H and O–H groups in total. The van der Waals surface area contributed by atoms with Gasteiger partial charge >= 0.3 is 6.09 Å². The fourth-order valence-electron chi connectivity index (χ4n) is 4.99. The number of hydrogen-bond acceptors (Lipinski definition) is 7. The average molecular weight is 673 g/mol. The minimum Gasteiger partial charge on any atom is -0.457 e. The van der Waals surface area contributed by atoms with Gasteiger partial charge in [0, 0.05) is 25.2 Å². The van der Waals surface area contributed by atoms with E-state index in [1.807, 2.05) is 85.8 Å². The van der Waals surface area contributed by atoms with Crippen LogP contribution in [-0.2, 0) is 39.1 Å². The Bertz CT molecular complexity index is 1770. The highest BCUT2D eigenvalue weighted by molar-refractivity contribution is 7.92. The predicted octanol–water partition coefficient (Wildman–Crippen LogP) is 7.24. The van der Waals surface area contributed by atoms with E-state index in [0.29, 0.717) is 43.1 Å². The van der Waals surface area contributed by atoms with Crippen LogP contribution in [0.1, 0.15) is 55.9 Å². The van der Waals surface area contributed by atoms with Crippen LogP contribution in [0, 0.1) is 6.92 Å². The summed E-state index contributed by atoms with van der Waals surface area (Å²) < 4.78 is 37.7. The number of carbonyl (C=O) groups is 2. The summed E-state index contributed by atoms with van der Waals surface area (Å²) in [5, 5.41) is 0. The lowest BCUT2D eigenvalue weighted by Gasteiger charge is -2.28. The molecule has 4 rings (SSSR count). The molecule has 0 saturated carbocycles. The van der Waals surface area contributed by atoms with Crippen LogP contribution >= 0.6 is 0 Å². The number of nitrogens with one attached hydrogen (secondary N) is 3. The fraction of sp³-hybridized carbons (Fsp3) is 0.297. The highest BCUT2D eigenvalue weighted by Crippen LogP contribution is 2.31. The number of carbonyl (C=O) groups excluding carboxylic acids is 2. The zero-order valence-electron chi connectivity index (χ0n) is 28.1. The van der Waals surface area contributed by atoms with Crippen LogP contribution < -0.4 is 25.2 Å². The van der Waals surface area contributed by atoms with E-state index in [0.717, 1.165) is 34.2 Å². The Morgan fingerprint density at radius 2 is 1.33 bits per heavy atom. The Kier molecular flexibility index (Phi) is 12.1. The number of benzene rings is 4. The first-order valence-electron chi connectivity index (χ1n) is 15.7. The molecule has 0 unspecified atom stereocenters. The Balaban J connectivity index is 1.33. The summed E-state index contributed by atoms with van der Waals surface area (Å²) in [4.78, 5) is 25.9. The van der Waals surface area contributed by atoms with Gasteiger partial charge in [0.2, 0.25) is 15.9 Å². The van der Waals surface area contributed by atoms with Gasteiger partial charge < -0.3 is 14.4 Å². The van der Waals surface area contributed by atoms with Gasteiger partial charge in [-0.3, -0.25) is 14.9 Å². The van der Waals surface area contributed by atoms with E-state index in [-0.39, 0.29) is 12.3 Å². The lowest BCUT2D eigenvalue weighted by atomic mass is 10.1. The molecular formula is C37H44N4O6S. The van der Waals surface area contributed by atoms with Crippen LogP contribution in [0.5, 0.6) is 11.5 Å². The van der Waals surface area contributed by atoms with E-state index in [2.05, 4.69) is 32.6 Å². The molecular weight excluding hydrogens is 628 g/mol. The normalized spacial score (nSPS) is 11.4. The van der Waals surface area contributed by atoms with E-state index in [1.54, 1.807) is 26.8 Å². The van der Waals surface area contributed by atoms with E-state index < -0.39 is 21.7 Å². The molecule has 48 heavy (non-hydrogen) atoms. The molecule has 0 aliphatic rings. The molecule has 10 nitrogen and oxygen atoms in total. The topological polar surface area (TPSA) is 126 Å². The highest BCUT2D eigenvalue weighted by Gasteiger charge is 2.17. The van der Waals surface area contributed by atoms with Gasteiger partial charge in [-0.05, 0) is 99.2 Å². The number of aryl methyl sites for hydroxylation is 1. The van der Waals surface area contributed by atoms with Crippen molar-refractivity contribution in [2.45, 2.75) is 65.6 Å². The number of ether oxygens (including phenoxy) is 2. The molecule has 0 radical (unpaired) electrons. The first kappa shape index (κ1) is 35.8. The molecule has 4 aromatic carbocycles. The van der Waals surface area contributed by atoms with Crippen molar-refractivity contribution in [3.63, 3.8) is 0 Å².